The fourth-order valence-corrected chi connectivity index (χ4v) is 1.18. The zero-order valence-corrected chi connectivity index (χ0v) is 10.4. The Morgan fingerprint density at radius 2 is 2.25 bits per heavy atom. The second-order valence-corrected chi connectivity index (χ2v) is 3.56. The van der Waals surface area contributed by atoms with E-state index in [1.807, 2.05) is 32.1 Å². The SMILES string of the molecule is C=C(/C=C(Cl)\C=C/C)CNC(C)=C=CNN. The molecule has 0 amide bonds. The molecule has 0 fully saturated rings. The van der Waals surface area contributed by atoms with Gasteiger partial charge < -0.3 is 10.7 Å². The molecule has 4 heteroatoms. The van der Waals surface area contributed by atoms with Gasteiger partial charge in [0.15, 0.2) is 0 Å². The molecule has 0 spiro atoms. The van der Waals surface area contributed by atoms with E-state index in [1.54, 1.807) is 0 Å². The van der Waals surface area contributed by atoms with Crippen LogP contribution in [0.15, 0.2) is 53.0 Å². The molecule has 0 aliphatic carbocycles. The third-order valence-corrected chi connectivity index (χ3v) is 1.86. The third kappa shape index (κ3) is 7.94. The van der Waals surface area contributed by atoms with Gasteiger partial charge in [-0.15, -0.1) is 0 Å². The largest absolute Gasteiger partial charge is 0.378 e. The zero-order valence-electron chi connectivity index (χ0n) is 9.68. The van der Waals surface area contributed by atoms with Gasteiger partial charge in [0, 0.05) is 11.6 Å². The van der Waals surface area contributed by atoms with Gasteiger partial charge in [0.1, 0.15) is 0 Å². The molecule has 0 aliphatic heterocycles. The van der Waals surface area contributed by atoms with Crippen molar-refractivity contribution in [2.75, 3.05) is 6.54 Å². The van der Waals surface area contributed by atoms with Crippen LogP contribution in [0.4, 0.5) is 0 Å². The topological polar surface area (TPSA) is 50.1 Å². The number of hydrazine groups is 1. The molecule has 16 heavy (non-hydrogen) atoms. The molecule has 0 rings (SSSR count). The average Bonchev–Trinajstić information content (AvgIpc) is 2.23. The Kier molecular flexibility index (Phi) is 8.08. The predicted molar refractivity (Wildman–Crippen MR) is 70.5 cm³/mol. The van der Waals surface area contributed by atoms with E-state index in [4.69, 9.17) is 17.4 Å². The van der Waals surface area contributed by atoms with Crippen LogP contribution < -0.4 is 16.6 Å². The molecular formula is C12H18ClN3. The Balaban J connectivity index is 4.19. The molecule has 0 aromatic carbocycles. The summed E-state index contributed by atoms with van der Waals surface area (Å²) >= 11 is 5.91. The van der Waals surface area contributed by atoms with Crippen LogP contribution in [0, 0.1) is 0 Å². The van der Waals surface area contributed by atoms with Crippen LogP contribution in [-0.2, 0) is 0 Å². The molecule has 4 N–H and O–H groups in total. The van der Waals surface area contributed by atoms with Crippen molar-refractivity contribution < 1.29 is 0 Å². The highest BCUT2D eigenvalue weighted by Crippen LogP contribution is 2.06. The molecule has 0 aromatic rings. The van der Waals surface area contributed by atoms with E-state index >= 15 is 0 Å². The molecule has 0 atom stereocenters. The monoisotopic (exact) mass is 239 g/mol. The molecule has 3 nitrogen and oxygen atoms in total. The lowest BCUT2D eigenvalue weighted by atomic mass is 10.2. The maximum absolute atomic E-state index is 5.91. The summed E-state index contributed by atoms with van der Waals surface area (Å²) in [6, 6.07) is 0. The first-order valence-corrected chi connectivity index (χ1v) is 5.27. The highest BCUT2D eigenvalue weighted by molar-refractivity contribution is 6.31. The molecule has 0 heterocycles. The van der Waals surface area contributed by atoms with Crippen LogP contribution in [0.1, 0.15) is 13.8 Å². The number of hydrogen-bond acceptors (Lipinski definition) is 3. The number of nitrogens with two attached hydrogens (primary N) is 1. The van der Waals surface area contributed by atoms with Gasteiger partial charge in [-0.05, 0) is 31.6 Å². The van der Waals surface area contributed by atoms with Crippen LogP contribution in [0.5, 0.6) is 0 Å². The van der Waals surface area contributed by atoms with E-state index in [9.17, 15) is 0 Å². The van der Waals surface area contributed by atoms with Gasteiger partial charge in [0.05, 0.1) is 11.9 Å². The molecule has 0 saturated carbocycles. The Morgan fingerprint density at radius 3 is 2.81 bits per heavy atom. The summed E-state index contributed by atoms with van der Waals surface area (Å²) < 4.78 is 0. The number of rotatable bonds is 6. The van der Waals surface area contributed by atoms with E-state index in [0.717, 1.165) is 11.3 Å². The van der Waals surface area contributed by atoms with Crippen LogP contribution >= 0.6 is 11.6 Å². The van der Waals surface area contributed by atoms with E-state index < -0.39 is 0 Å². The maximum atomic E-state index is 5.91. The van der Waals surface area contributed by atoms with E-state index in [0.29, 0.717) is 11.6 Å². The fraction of sp³-hybridized carbons (Fsp3) is 0.250. The molecule has 0 aliphatic rings. The van der Waals surface area contributed by atoms with Crippen LogP contribution in [0.2, 0.25) is 0 Å². The minimum Gasteiger partial charge on any atom is -0.378 e. The van der Waals surface area contributed by atoms with Crippen molar-refractivity contribution in [3.63, 3.8) is 0 Å². The van der Waals surface area contributed by atoms with Gasteiger partial charge >= 0.3 is 0 Å². The third-order valence-electron chi connectivity index (χ3n) is 1.62. The lowest BCUT2D eigenvalue weighted by Crippen LogP contribution is -2.15. The number of hydrogen-bond donors (Lipinski definition) is 3. The van der Waals surface area contributed by atoms with Crippen molar-refractivity contribution in [1.82, 2.24) is 10.7 Å². The Hall–Kier alpha value is -1.41. The van der Waals surface area contributed by atoms with Gasteiger partial charge in [-0.25, -0.2) is 0 Å². The summed E-state index contributed by atoms with van der Waals surface area (Å²) in [5.41, 5.74) is 7.04. The van der Waals surface area contributed by atoms with Gasteiger partial charge in [-0.1, -0.05) is 30.0 Å². The molecule has 0 unspecified atom stereocenters. The summed E-state index contributed by atoms with van der Waals surface area (Å²) in [7, 11) is 0. The van der Waals surface area contributed by atoms with Crippen molar-refractivity contribution in [2.45, 2.75) is 13.8 Å². The first kappa shape index (κ1) is 14.6. The highest BCUT2D eigenvalue weighted by atomic mass is 35.5. The Bertz CT molecular complexity index is 347. The Labute approximate surface area is 102 Å². The second kappa shape index (κ2) is 8.86. The smallest absolute Gasteiger partial charge is 0.0559 e. The average molecular weight is 240 g/mol. The summed E-state index contributed by atoms with van der Waals surface area (Å²) in [4.78, 5) is 0. The van der Waals surface area contributed by atoms with Gasteiger partial charge in [-0.3, -0.25) is 5.84 Å². The molecule has 0 aromatic heterocycles. The van der Waals surface area contributed by atoms with Crippen molar-refractivity contribution in [1.29, 1.82) is 0 Å². The molecule has 0 bridgehead atoms. The summed E-state index contributed by atoms with van der Waals surface area (Å²) in [5.74, 6) is 5.07. The molecular weight excluding hydrogens is 222 g/mol. The normalized spacial score (nSPS) is 10.9. The number of halogens is 1. The van der Waals surface area contributed by atoms with Gasteiger partial charge in [0.2, 0.25) is 0 Å². The predicted octanol–water partition coefficient (Wildman–Crippen LogP) is 2.31. The first-order chi connectivity index (χ1) is 7.60. The fourth-order valence-electron chi connectivity index (χ4n) is 0.900. The Morgan fingerprint density at radius 1 is 1.56 bits per heavy atom. The van der Waals surface area contributed by atoms with Crippen LogP contribution in [0.3, 0.4) is 0 Å². The van der Waals surface area contributed by atoms with Crippen molar-refractivity contribution >= 4 is 11.6 Å². The summed E-state index contributed by atoms with van der Waals surface area (Å²) in [6.45, 7) is 8.30. The van der Waals surface area contributed by atoms with Crippen molar-refractivity contribution in [2.24, 2.45) is 5.84 Å². The maximum Gasteiger partial charge on any atom is 0.0559 e. The lowest BCUT2D eigenvalue weighted by molar-refractivity contribution is 0.883. The molecule has 88 valence electrons. The van der Waals surface area contributed by atoms with Crippen molar-refractivity contribution in [3.05, 3.63) is 53.0 Å². The quantitative estimate of drug-likeness (QED) is 0.289. The van der Waals surface area contributed by atoms with Crippen LogP contribution in [-0.4, -0.2) is 6.54 Å². The number of allylic oxidation sites excluding steroid dienone is 4. The van der Waals surface area contributed by atoms with Gasteiger partial charge in [-0.2, -0.15) is 0 Å². The van der Waals surface area contributed by atoms with Crippen molar-refractivity contribution in [3.8, 4) is 0 Å². The van der Waals surface area contributed by atoms with E-state index in [-0.39, 0.29) is 0 Å². The first-order valence-electron chi connectivity index (χ1n) is 4.89. The number of nitrogens with one attached hydrogen (secondary N) is 2. The lowest BCUT2D eigenvalue weighted by Gasteiger charge is -2.04. The van der Waals surface area contributed by atoms with E-state index in [2.05, 4.69) is 23.1 Å². The van der Waals surface area contributed by atoms with E-state index in [1.165, 1.54) is 6.20 Å². The minimum absolute atomic E-state index is 0.616. The zero-order chi connectivity index (χ0) is 12.4. The summed E-state index contributed by atoms with van der Waals surface area (Å²) in [5, 5.41) is 3.78. The van der Waals surface area contributed by atoms with Crippen LogP contribution in [0.25, 0.3) is 0 Å². The second-order valence-electron chi connectivity index (χ2n) is 3.12. The molecule has 0 saturated heterocycles. The molecule has 0 radical (unpaired) electrons. The minimum atomic E-state index is 0.616. The van der Waals surface area contributed by atoms with Gasteiger partial charge in [0.25, 0.3) is 0 Å². The summed E-state index contributed by atoms with van der Waals surface area (Å²) in [6.07, 6.45) is 7.02. The standard InChI is InChI=1S/C12H18ClN3/c1-4-5-12(13)8-10(2)9-15-11(3)6-7-16-14/h4-5,7-8,15-16H,2,9,14H2,1,3H3/b5-4-,12-8+. The highest BCUT2D eigenvalue weighted by Gasteiger charge is 1.92.